The number of imidazole rings is 1. The normalized spacial score (nSPS) is 17.7. The Morgan fingerprint density at radius 3 is 2.06 bits per heavy atom. The van der Waals surface area contributed by atoms with E-state index in [1.54, 1.807) is 24.3 Å². The summed E-state index contributed by atoms with van der Waals surface area (Å²) in [7, 11) is 1.43. The Morgan fingerprint density at radius 1 is 0.912 bits per heavy atom. The lowest BCUT2D eigenvalue weighted by molar-refractivity contribution is -0.167. The maximum atomic E-state index is 14.6. The SMILES string of the molecule is COc1ccc(C2(C(F)(F)F)NC(=O)n3c(nc(-c4ccccc4)c3-c3ccccc3)S2)cc1. The molecule has 0 saturated heterocycles. The Kier molecular flexibility index (Phi) is 5.36. The molecular formula is C25H18F3N3O2S. The van der Waals surface area contributed by atoms with Gasteiger partial charge in [0.1, 0.15) is 5.75 Å². The van der Waals surface area contributed by atoms with Crippen molar-refractivity contribution in [1.29, 1.82) is 0 Å². The lowest BCUT2D eigenvalue weighted by Crippen LogP contribution is -2.57. The summed E-state index contributed by atoms with van der Waals surface area (Å²) in [5.41, 5.74) is 2.09. The Hall–Kier alpha value is -3.72. The van der Waals surface area contributed by atoms with Gasteiger partial charge in [-0.05, 0) is 29.5 Å². The minimum absolute atomic E-state index is 0.0467. The third-order valence-corrected chi connectivity index (χ3v) is 6.90. The van der Waals surface area contributed by atoms with Gasteiger partial charge in [-0.3, -0.25) is 0 Å². The van der Waals surface area contributed by atoms with E-state index >= 15 is 0 Å². The number of hydrogen-bond acceptors (Lipinski definition) is 4. The third kappa shape index (κ3) is 3.52. The number of thioether (sulfide) groups is 1. The average molecular weight is 481 g/mol. The van der Waals surface area contributed by atoms with Crippen LogP contribution in [0.4, 0.5) is 18.0 Å². The zero-order valence-electron chi connectivity index (χ0n) is 17.8. The van der Waals surface area contributed by atoms with E-state index < -0.39 is 17.1 Å². The van der Waals surface area contributed by atoms with Gasteiger partial charge in [-0.25, -0.2) is 14.3 Å². The van der Waals surface area contributed by atoms with Crippen LogP contribution in [-0.2, 0) is 4.87 Å². The van der Waals surface area contributed by atoms with Gasteiger partial charge in [0, 0.05) is 11.1 Å². The smallest absolute Gasteiger partial charge is 0.425 e. The highest BCUT2D eigenvalue weighted by atomic mass is 32.2. The van der Waals surface area contributed by atoms with Crippen molar-refractivity contribution in [3.8, 4) is 28.3 Å². The maximum Gasteiger partial charge on any atom is 0.425 e. The van der Waals surface area contributed by atoms with Gasteiger partial charge in [0.05, 0.1) is 18.5 Å². The van der Waals surface area contributed by atoms with Crippen molar-refractivity contribution in [2.75, 3.05) is 7.11 Å². The van der Waals surface area contributed by atoms with Crippen molar-refractivity contribution >= 4 is 17.8 Å². The van der Waals surface area contributed by atoms with Crippen LogP contribution in [0.25, 0.3) is 22.5 Å². The van der Waals surface area contributed by atoms with E-state index in [0.29, 0.717) is 40.0 Å². The van der Waals surface area contributed by atoms with Crippen LogP contribution < -0.4 is 10.1 Å². The molecule has 0 spiro atoms. The van der Waals surface area contributed by atoms with Crippen molar-refractivity contribution < 1.29 is 22.7 Å². The van der Waals surface area contributed by atoms with Crippen LogP contribution in [0.15, 0.2) is 90.1 Å². The zero-order valence-corrected chi connectivity index (χ0v) is 18.7. The topological polar surface area (TPSA) is 56.1 Å². The van der Waals surface area contributed by atoms with Gasteiger partial charge in [-0.15, -0.1) is 0 Å². The second kappa shape index (κ2) is 8.25. The number of carbonyl (C=O) groups excluding carboxylic acids is 1. The minimum Gasteiger partial charge on any atom is -0.497 e. The number of methoxy groups -OCH3 is 1. The number of carbonyl (C=O) groups is 1. The molecule has 4 aromatic rings. The second-order valence-corrected chi connectivity index (χ2v) is 8.78. The van der Waals surface area contributed by atoms with E-state index in [1.807, 2.05) is 36.4 Å². The van der Waals surface area contributed by atoms with E-state index in [2.05, 4.69) is 10.3 Å². The average Bonchev–Trinajstić information content (AvgIpc) is 3.24. The molecule has 172 valence electrons. The third-order valence-electron chi connectivity index (χ3n) is 5.57. The second-order valence-electron chi connectivity index (χ2n) is 7.60. The molecule has 0 saturated carbocycles. The summed E-state index contributed by atoms with van der Waals surface area (Å²) in [5, 5.41) is 2.19. The lowest BCUT2D eigenvalue weighted by Gasteiger charge is -2.38. The highest BCUT2D eigenvalue weighted by Crippen LogP contribution is 2.53. The lowest BCUT2D eigenvalue weighted by atomic mass is 10.0. The molecule has 1 aromatic heterocycles. The Labute approximate surface area is 197 Å². The van der Waals surface area contributed by atoms with E-state index in [4.69, 9.17) is 4.74 Å². The first-order valence-electron chi connectivity index (χ1n) is 10.3. The van der Waals surface area contributed by atoms with Crippen LogP contribution in [0, 0.1) is 0 Å². The van der Waals surface area contributed by atoms with Gasteiger partial charge in [-0.2, -0.15) is 13.2 Å². The number of fused-ring (bicyclic) bond motifs is 1. The van der Waals surface area contributed by atoms with Crippen molar-refractivity contribution in [2.24, 2.45) is 0 Å². The van der Waals surface area contributed by atoms with Gasteiger partial charge in [0.15, 0.2) is 5.16 Å². The van der Waals surface area contributed by atoms with Crippen molar-refractivity contribution in [2.45, 2.75) is 16.2 Å². The van der Waals surface area contributed by atoms with Gasteiger partial charge in [0.2, 0.25) is 4.87 Å². The number of nitrogens with one attached hydrogen (secondary N) is 1. The molecule has 3 aromatic carbocycles. The predicted molar refractivity (Wildman–Crippen MR) is 124 cm³/mol. The Bertz CT molecular complexity index is 1340. The van der Waals surface area contributed by atoms with Crippen molar-refractivity contribution in [3.05, 3.63) is 90.5 Å². The number of amides is 1. The highest BCUT2D eigenvalue weighted by molar-refractivity contribution is 8.00. The summed E-state index contributed by atoms with van der Waals surface area (Å²) >= 11 is 0.460. The Balaban J connectivity index is 1.73. The molecule has 1 unspecified atom stereocenters. The summed E-state index contributed by atoms with van der Waals surface area (Å²) in [6.07, 6.45) is -4.81. The summed E-state index contributed by atoms with van der Waals surface area (Å²) in [6.45, 7) is 0. The van der Waals surface area contributed by atoms with Gasteiger partial charge in [0.25, 0.3) is 0 Å². The molecule has 1 amide bonds. The van der Waals surface area contributed by atoms with Crippen molar-refractivity contribution in [3.63, 3.8) is 0 Å². The highest BCUT2D eigenvalue weighted by Gasteiger charge is 2.61. The first-order chi connectivity index (χ1) is 16.3. The van der Waals surface area contributed by atoms with Crippen LogP contribution in [0.1, 0.15) is 5.56 Å². The molecule has 0 radical (unpaired) electrons. The fourth-order valence-corrected chi connectivity index (χ4v) is 5.12. The molecule has 1 aliphatic heterocycles. The number of aromatic nitrogens is 2. The summed E-state index contributed by atoms with van der Waals surface area (Å²) in [6, 6.07) is 22.7. The van der Waals surface area contributed by atoms with E-state index in [0.717, 1.165) is 0 Å². The van der Waals surface area contributed by atoms with Crippen LogP contribution in [0.5, 0.6) is 5.75 Å². The van der Waals surface area contributed by atoms with Crippen LogP contribution >= 0.6 is 11.8 Å². The summed E-state index contributed by atoms with van der Waals surface area (Å²) in [4.78, 5) is 15.2. The van der Waals surface area contributed by atoms with Gasteiger partial charge < -0.3 is 10.1 Å². The molecule has 34 heavy (non-hydrogen) atoms. The van der Waals surface area contributed by atoms with Crippen LogP contribution in [0.2, 0.25) is 0 Å². The zero-order chi connectivity index (χ0) is 23.9. The molecule has 0 fully saturated rings. The standard InChI is InChI=1S/C25H18F3N3O2S/c1-33-19-14-12-18(13-15-19)24(25(26,27)28)30-22(32)31-21(17-10-6-3-7-11-17)20(29-23(31)34-24)16-8-4-2-5-9-16/h2-15H,1H3,(H,30,32). The molecule has 9 heteroatoms. The number of halogens is 3. The van der Waals surface area contributed by atoms with E-state index in [9.17, 15) is 18.0 Å². The fourth-order valence-electron chi connectivity index (χ4n) is 3.93. The predicted octanol–water partition coefficient (Wildman–Crippen LogP) is 6.30. The molecule has 1 aliphatic rings. The number of ether oxygens (including phenoxy) is 1. The first kappa shape index (κ1) is 22.1. The van der Waals surface area contributed by atoms with Gasteiger partial charge >= 0.3 is 12.2 Å². The number of hydrogen-bond donors (Lipinski definition) is 1. The largest absolute Gasteiger partial charge is 0.497 e. The molecule has 1 N–H and O–H groups in total. The Morgan fingerprint density at radius 2 is 1.50 bits per heavy atom. The molecule has 1 atom stereocenters. The molecular weight excluding hydrogens is 463 g/mol. The van der Waals surface area contributed by atoms with Crippen molar-refractivity contribution in [1.82, 2.24) is 14.9 Å². The molecule has 0 bridgehead atoms. The molecule has 0 aliphatic carbocycles. The molecule has 5 nitrogen and oxygen atoms in total. The summed E-state index contributed by atoms with van der Waals surface area (Å²) < 4.78 is 50.0. The maximum absolute atomic E-state index is 14.6. The minimum atomic E-state index is -4.81. The van der Waals surface area contributed by atoms with E-state index in [-0.39, 0.29) is 10.7 Å². The number of rotatable bonds is 4. The van der Waals surface area contributed by atoms with Crippen LogP contribution in [0.3, 0.4) is 0 Å². The van der Waals surface area contributed by atoms with E-state index in [1.165, 1.54) is 35.9 Å². The van der Waals surface area contributed by atoms with Crippen LogP contribution in [-0.4, -0.2) is 28.9 Å². The molecule has 2 heterocycles. The summed E-state index contributed by atoms with van der Waals surface area (Å²) in [5.74, 6) is 0.410. The number of nitrogens with zero attached hydrogens (tertiary/aromatic N) is 2. The first-order valence-corrected chi connectivity index (χ1v) is 11.1. The molecule has 5 rings (SSSR count). The van der Waals surface area contributed by atoms with Gasteiger partial charge in [-0.1, -0.05) is 72.8 Å². The fraction of sp³-hybridized carbons (Fsp3) is 0.120. The monoisotopic (exact) mass is 481 g/mol. The number of alkyl halides is 3. The quantitative estimate of drug-likeness (QED) is 0.371. The number of benzene rings is 3.